The van der Waals surface area contributed by atoms with Crippen molar-refractivity contribution in [3.05, 3.63) is 23.3 Å². The predicted octanol–water partition coefficient (Wildman–Crippen LogP) is 2.35. The fourth-order valence-corrected chi connectivity index (χ4v) is 4.25. The van der Waals surface area contributed by atoms with Gasteiger partial charge < -0.3 is 5.73 Å². The van der Waals surface area contributed by atoms with E-state index in [9.17, 15) is 8.42 Å². The number of hydrogen-bond acceptors (Lipinski definition) is 3. The van der Waals surface area contributed by atoms with Gasteiger partial charge in [0.15, 0.2) is 0 Å². The highest BCUT2D eigenvalue weighted by Gasteiger charge is 2.29. The van der Waals surface area contributed by atoms with Crippen LogP contribution in [-0.4, -0.2) is 14.5 Å². The number of nitrogens with one attached hydrogen (secondary N) is 1. The highest BCUT2D eigenvalue weighted by molar-refractivity contribution is 7.89. The van der Waals surface area contributed by atoms with Crippen LogP contribution in [0, 0.1) is 19.8 Å². The van der Waals surface area contributed by atoms with Gasteiger partial charge in [-0.25, -0.2) is 13.1 Å². The summed E-state index contributed by atoms with van der Waals surface area (Å²) in [6, 6.07) is 3.47. The zero-order valence-electron chi connectivity index (χ0n) is 11.7. The second kappa shape index (κ2) is 5.13. The number of benzene rings is 1. The topological polar surface area (TPSA) is 72.2 Å². The Hall–Kier alpha value is -1.07. The Kier molecular flexibility index (Phi) is 3.87. The molecule has 1 atom stereocenters. The summed E-state index contributed by atoms with van der Waals surface area (Å²) < 4.78 is 27.8. The second-order valence-corrected chi connectivity index (χ2v) is 7.18. The lowest BCUT2D eigenvalue weighted by atomic mass is 9.81. The molecule has 0 heterocycles. The van der Waals surface area contributed by atoms with Crippen LogP contribution in [0.2, 0.25) is 0 Å². The maximum absolute atomic E-state index is 12.5. The number of sulfonamides is 1. The number of aryl methyl sites for hydroxylation is 1. The molecule has 1 aliphatic rings. The number of rotatable bonds is 4. The van der Waals surface area contributed by atoms with Crippen molar-refractivity contribution in [2.45, 2.75) is 51.0 Å². The van der Waals surface area contributed by atoms with Crippen molar-refractivity contribution >= 4 is 15.7 Å². The molecule has 19 heavy (non-hydrogen) atoms. The molecule has 1 aromatic carbocycles. The summed E-state index contributed by atoms with van der Waals surface area (Å²) in [7, 11) is -3.54. The molecule has 1 unspecified atom stereocenters. The van der Waals surface area contributed by atoms with Crippen LogP contribution in [0.1, 0.15) is 37.3 Å². The Morgan fingerprint density at radius 1 is 1.32 bits per heavy atom. The van der Waals surface area contributed by atoms with Crippen molar-refractivity contribution < 1.29 is 8.42 Å². The lowest BCUT2D eigenvalue weighted by Crippen LogP contribution is -2.41. The molecule has 0 spiro atoms. The third-order valence-electron chi connectivity index (χ3n) is 4.17. The van der Waals surface area contributed by atoms with E-state index < -0.39 is 10.0 Å². The number of anilines is 1. The number of nitrogens with two attached hydrogens (primary N) is 1. The van der Waals surface area contributed by atoms with Crippen LogP contribution >= 0.6 is 0 Å². The van der Waals surface area contributed by atoms with Gasteiger partial charge in [-0.1, -0.05) is 12.5 Å². The maximum atomic E-state index is 12.5. The zero-order valence-corrected chi connectivity index (χ0v) is 12.5. The third-order valence-corrected chi connectivity index (χ3v) is 5.94. The molecule has 0 aliphatic heterocycles. The fourth-order valence-electron chi connectivity index (χ4n) is 2.51. The SMILES string of the molecule is Cc1ccc(N)c(S(=O)(=O)NC(C)C2CCC2)c1C. The molecule has 0 aromatic heterocycles. The van der Waals surface area contributed by atoms with Gasteiger partial charge in [-0.05, 0) is 56.7 Å². The molecule has 5 heteroatoms. The van der Waals surface area contributed by atoms with E-state index in [2.05, 4.69) is 4.72 Å². The summed E-state index contributed by atoms with van der Waals surface area (Å²) >= 11 is 0. The van der Waals surface area contributed by atoms with Crippen molar-refractivity contribution in [2.24, 2.45) is 5.92 Å². The van der Waals surface area contributed by atoms with Crippen LogP contribution in [0.3, 0.4) is 0 Å². The summed E-state index contributed by atoms with van der Waals surface area (Å²) in [6.07, 6.45) is 3.40. The molecule has 1 aromatic rings. The lowest BCUT2D eigenvalue weighted by molar-refractivity contribution is 0.260. The first kappa shape index (κ1) is 14.3. The van der Waals surface area contributed by atoms with Crippen LogP contribution in [0.15, 0.2) is 17.0 Å². The largest absolute Gasteiger partial charge is 0.398 e. The first-order valence-corrected chi connectivity index (χ1v) is 8.19. The van der Waals surface area contributed by atoms with Crippen LogP contribution in [0.4, 0.5) is 5.69 Å². The molecule has 2 rings (SSSR count). The van der Waals surface area contributed by atoms with Gasteiger partial charge in [0, 0.05) is 6.04 Å². The summed E-state index contributed by atoms with van der Waals surface area (Å²) in [5, 5.41) is 0. The van der Waals surface area contributed by atoms with Gasteiger partial charge in [-0.15, -0.1) is 0 Å². The van der Waals surface area contributed by atoms with E-state index in [0.29, 0.717) is 11.6 Å². The van der Waals surface area contributed by atoms with Crippen molar-refractivity contribution in [3.8, 4) is 0 Å². The van der Waals surface area contributed by atoms with E-state index >= 15 is 0 Å². The Morgan fingerprint density at radius 3 is 2.47 bits per heavy atom. The quantitative estimate of drug-likeness (QED) is 0.833. The number of hydrogen-bond donors (Lipinski definition) is 2. The molecule has 3 N–H and O–H groups in total. The summed E-state index contributed by atoms with van der Waals surface area (Å²) in [4.78, 5) is 0.235. The third kappa shape index (κ3) is 2.77. The van der Waals surface area contributed by atoms with E-state index in [4.69, 9.17) is 5.73 Å². The average molecular weight is 282 g/mol. The van der Waals surface area contributed by atoms with Gasteiger partial charge in [-0.3, -0.25) is 0 Å². The van der Waals surface area contributed by atoms with E-state index in [1.165, 1.54) is 6.42 Å². The molecule has 1 aliphatic carbocycles. The molecule has 106 valence electrons. The smallest absolute Gasteiger partial charge is 0.243 e. The Balaban J connectivity index is 2.31. The van der Waals surface area contributed by atoms with Gasteiger partial charge in [0.1, 0.15) is 4.90 Å². The first-order valence-electron chi connectivity index (χ1n) is 6.71. The molecule has 0 bridgehead atoms. The maximum Gasteiger partial charge on any atom is 0.243 e. The Bertz CT molecular complexity index is 577. The molecule has 0 amide bonds. The van der Waals surface area contributed by atoms with Gasteiger partial charge in [-0.2, -0.15) is 0 Å². The van der Waals surface area contributed by atoms with E-state index in [-0.39, 0.29) is 10.9 Å². The van der Waals surface area contributed by atoms with Gasteiger partial charge in [0.05, 0.1) is 5.69 Å². The first-order chi connectivity index (χ1) is 8.83. The molecular weight excluding hydrogens is 260 g/mol. The minimum atomic E-state index is -3.54. The molecule has 1 fully saturated rings. The lowest BCUT2D eigenvalue weighted by Gasteiger charge is -2.32. The molecule has 0 radical (unpaired) electrons. The van der Waals surface area contributed by atoms with Crippen LogP contribution in [-0.2, 0) is 10.0 Å². The van der Waals surface area contributed by atoms with E-state index in [1.54, 1.807) is 13.0 Å². The highest BCUT2D eigenvalue weighted by Crippen LogP contribution is 2.31. The minimum absolute atomic E-state index is 0.0296. The van der Waals surface area contributed by atoms with Gasteiger partial charge in [0.25, 0.3) is 0 Å². The van der Waals surface area contributed by atoms with Crippen LogP contribution in [0.5, 0.6) is 0 Å². The molecule has 1 saturated carbocycles. The number of nitrogen functional groups attached to an aromatic ring is 1. The minimum Gasteiger partial charge on any atom is -0.398 e. The van der Waals surface area contributed by atoms with E-state index in [0.717, 1.165) is 24.0 Å². The highest BCUT2D eigenvalue weighted by atomic mass is 32.2. The van der Waals surface area contributed by atoms with Gasteiger partial charge in [0.2, 0.25) is 10.0 Å². The van der Waals surface area contributed by atoms with Gasteiger partial charge >= 0.3 is 0 Å². The zero-order chi connectivity index (χ0) is 14.2. The van der Waals surface area contributed by atoms with Crippen molar-refractivity contribution in [1.82, 2.24) is 4.72 Å². The van der Waals surface area contributed by atoms with Crippen LogP contribution in [0.25, 0.3) is 0 Å². The molecule has 4 nitrogen and oxygen atoms in total. The monoisotopic (exact) mass is 282 g/mol. The van der Waals surface area contributed by atoms with Crippen LogP contribution < -0.4 is 10.5 Å². The Morgan fingerprint density at radius 2 is 1.95 bits per heavy atom. The molecule has 0 saturated heterocycles. The van der Waals surface area contributed by atoms with Crippen molar-refractivity contribution in [2.75, 3.05) is 5.73 Å². The fraction of sp³-hybridized carbons (Fsp3) is 0.571. The van der Waals surface area contributed by atoms with Crippen molar-refractivity contribution in [3.63, 3.8) is 0 Å². The second-order valence-electron chi connectivity index (χ2n) is 5.53. The summed E-state index contributed by atoms with van der Waals surface area (Å²) in [5.74, 6) is 0.459. The average Bonchev–Trinajstić information content (AvgIpc) is 2.20. The van der Waals surface area contributed by atoms with E-state index in [1.807, 2.05) is 19.9 Å². The molecular formula is C14H22N2O2S. The Labute approximate surface area is 115 Å². The summed E-state index contributed by atoms with van der Waals surface area (Å²) in [5.41, 5.74) is 7.84. The van der Waals surface area contributed by atoms with Crippen molar-refractivity contribution in [1.29, 1.82) is 0 Å². The summed E-state index contributed by atoms with van der Waals surface area (Å²) in [6.45, 7) is 5.63. The standard InChI is InChI=1S/C14H22N2O2S/c1-9-7-8-13(15)14(10(9)2)19(17,18)16-11(3)12-5-4-6-12/h7-8,11-12,16H,4-6,15H2,1-3H3. The normalized spacial score (nSPS) is 18.1. The predicted molar refractivity (Wildman–Crippen MR) is 77.5 cm³/mol.